The Kier molecular flexibility index (Phi) is 3.85. The highest BCUT2D eigenvalue weighted by Gasteiger charge is 2.39. The van der Waals surface area contributed by atoms with Gasteiger partial charge in [-0.05, 0) is 18.4 Å². The molecular weight excluding hydrogens is 234 g/mol. The van der Waals surface area contributed by atoms with E-state index in [4.69, 9.17) is 0 Å². The van der Waals surface area contributed by atoms with Gasteiger partial charge in [0.15, 0.2) is 0 Å². The van der Waals surface area contributed by atoms with E-state index < -0.39 is 0 Å². The number of nitrogens with zero attached hydrogens (tertiary/aromatic N) is 1. The zero-order valence-corrected chi connectivity index (χ0v) is 10.7. The average Bonchev–Trinajstić information content (AvgIpc) is 2.54. The molecular formula is C14H18ClNO. The first-order chi connectivity index (χ1) is 7.83. The van der Waals surface area contributed by atoms with E-state index in [1.165, 1.54) is 18.4 Å². The standard InChI is InChI=1S/C14H17NO.ClH/c16-14-8-12-6-7-13(9-14)15(12)10-11-4-2-1-3-5-11;/h1-5,12-13H,6-10H2;1H. The lowest BCUT2D eigenvalue weighted by Gasteiger charge is -2.33. The van der Waals surface area contributed by atoms with E-state index in [-0.39, 0.29) is 12.4 Å². The van der Waals surface area contributed by atoms with E-state index in [1.54, 1.807) is 0 Å². The van der Waals surface area contributed by atoms with Crippen molar-refractivity contribution >= 4 is 18.2 Å². The molecule has 2 aliphatic rings. The van der Waals surface area contributed by atoms with Crippen LogP contribution in [0.2, 0.25) is 0 Å². The number of ketones is 1. The second-order valence-electron chi connectivity index (χ2n) is 4.99. The summed E-state index contributed by atoms with van der Waals surface area (Å²) in [5.74, 6) is 0.469. The number of Topliss-reactive ketones (excluding diaryl/α,β-unsaturated/α-hetero) is 1. The van der Waals surface area contributed by atoms with Gasteiger partial charge < -0.3 is 0 Å². The van der Waals surface area contributed by atoms with Gasteiger partial charge in [0.2, 0.25) is 0 Å². The molecule has 0 radical (unpaired) electrons. The first-order valence-corrected chi connectivity index (χ1v) is 6.14. The number of halogens is 1. The summed E-state index contributed by atoms with van der Waals surface area (Å²) in [4.78, 5) is 14.0. The van der Waals surface area contributed by atoms with E-state index in [2.05, 4.69) is 35.2 Å². The molecule has 0 aromatic heterocycles. The Bertz CT molecular complexity index is 376. The van der Waals surface area contributed by atoms with Crippen LogP contribution in [0.3, 0.4) is 0 Å². The molecule has 2 heterocycles. The molecule has 2 unspecified atom stereocenters. The molecule has 2 nitrogen and oxygen atoms in total. The number of fused-ring (bicyclic) bond motifs is 2. The Morgan fingerprint density at radius 1 is 1.06 bits per heavy atom. The van der Waals surface area contributed by atoms with Crippen molar-refractivity contribution in [2.45, 2.75) is 44.3 Å². The van der Waals surface area contributed by atoms with E-state index in [0.29, 0.717) is 17.9 Å². The molecule has 0 aliphatic carbocycles. The minimum absolute atomic E-state index is 0. The molecule has 17 heavy (non-hydrogen) atoms. The number of carbonyl (C=O) groups excluding carboxylic acids is 1. The Morgan fingerprint density at radius 3 is 2.24 bits per heavy atom. The highest BCUT2D eigenvalue weighted by atomic mass is 35.5. The fourth-order valence-corrected chi connectivity index (χ4v) is 3.11. The molecule has 3 rings (SSSR count). The van der Waals surface area contributed by atoms with Crippen LogP contribution in [0.5, 0.6) is 0 Å². The van der Waals surface area contributed by atoms with E-state index in [0.717, 1.165) is 19.4 Å². The summed E-state index contributed by atoms with van der Waals surface area (Å²) in [6.07, 6.45) is 3.99. The SMILES string of the molecule is Cl.O=C1CC2CCC(C1)N2Cc1ccccc1. The van der Waals surface area contributed by atoms with Gasteiger partial charge in [0, 0.05) is 31.5 Å². The Morgan fingerprint density at radius 2 is 1.65 bits per heavy atom. The third-order valence-electron chi connectivity index (χ3n) is 3.91. The molecule has 3 heteroatoms. The first kappa shape index (κ1) is 12.6. The van der Waals surface area contributed by atoms with Crippen molar-refractivity contribution in [2.75, 3.05) is 0 Å². The van der Waals surface area contributed by atoms with E-state index >= 15 is 0 Å². The molecule has 0 N–H and O–H groups in total. The maximum absolute atomic E-state index is 11.5. The predicted molar refractivity (Wildman–Crippen MR) is 70.3 cm³/mol. The Hall–Kier alpha value is -0.860. The molecule has 92 valence electrons. The molecule has 0 amide bonds. The van der Waals surface area contributed by atoms with Crippen molar-refractivity contribution in [3.63, 3.8) is 0 Å². The zero-order valence-electron chi connectivity index (χ0n) is 9.84. The molecule has 1 aromatic rings. The predicted octanol–water partition coefficient (Wildman–Crippen LogP) is 2.80. The topological polar surface area (TPSA) is 20.3 Å². The number of piperidine rings is 1. The number of hydrogen-bond acceptors (Lipinski definition) is 2. The largest absolute Gasteiger partial charge is 0.300 e. The van der Waals surface area contributed by atoms with Gasteiger partial charge in [0.25, 0.3) is 0 Å². The van der Waals surface area contributed by atoms with Crippen molar-refractivity contribution in [1.29, 1.82) is 0 Å². The fourth-order valence-electron chi connectivity index (χ4n) is 3.11. The maximum atomic E-state index is 11.5. The third kappa shape index (κ3) is 2.53. The van der Waals surface area contributed by atoms with Gasteiger partial charge in [0.05, 0.1) is 0 Å². The highest BCUT2D eigenvalue weighted by Crippen LogP contribution is 2.34. The number of carbonyl (C=O) groups is 1. The van der Waals surface area contributed by atoms with Crippen molar-refractivity contribution in [3.05, 3.63) is 35.9 Å². The lowest BCUT2D eigenvalue weighted by molar-refractivity contribution is -0.123. The highest BCUT2D eigenvalue weighted by molar-refractivity contribution is 5.85. The van der Waals surface area contributed by atoms with Gasteiger partial charge >= 0.3 is 0 Å². The molecule has 0 saturated carbocycles. The first-order valence-electron chi connectivity index (χ1n) is 6.14. The summed E-state index contributed by atoms with van der Waals surface area (Å²) >= 11 is 0. The van der Waals surface area contributed by atoms with Crippen molar-refractivity contribution < 1.29 is 4.79 Å². The minimum Gasteiger partial charge on any atom is -0.300 e. The monoisotopic (exact) mass is 251 g/mol. The van der Waals surface area contributed by atoms with E-state index in [1.807, 2.05) is 0 Å². The molecule has 2 fully saturated rings. The second kappa shape index (κ2) is 5.19. The van der Waals surface area contributed by atoms with Crippen LogP contribution in [0, 0.1) is 0 Å². The summed E-state index contributed by atoms with van der Waals surface area (Å²) in [6.45, 7) is 1.02. The summed E-state index contributed by atoms with van der Waals surface area (Å²) in [5, 5.41) is 0. The Labute approximate surface area is 108 Å². The number of benzene rings is 1. The summed E-state index contributed by atoms with van der Waals surface area (Å²) < 4.78 is 0. The van der Waals surface area contributed by atoms with Crippen molar-refractivity contribution in [1.82, 2.24) is 4.90 Å². The molecule has 2 aliphatic heterocycles. The van der Waals surface area contributed by atoms with Crippen LogP contribution in [0.1, 0.15) is 31.2 Å². The van der Waals surface area contributed by atoms with Crippen LogP contribution in [0.15, 0.2) is 30.3 Å². The summed E-state index contributed by atoms with van der Waals surface area (Å²) in [7, 11) is 0. The smallest absolute Gasteiger partial charge is 0.136 e. The molecule has 2 bridgehead atoms. The van der Waals surface area contributed by atoms with Gasteiger partial charge in [-0.2, -0.15) is 0 Å². The third-order valence-corrected chi connectivity index (χ3v) is 3.91. The van der Waals surface area contributed by atoms with Gasteiger partial charge in [-0.25, -0.2) is 0 Å². The van der Waals surface area contributed by atoms with Crippen LogP contribution in [-0.4, -0.2) is 22.8 Å². The maximum Gasteiger partial charge on any atom is 0.136 e. The molecule has 2 saturated heterocycles. The summed E-state index contributed by atoms with van der Waals surface area (Å²) in [5.41, 5.74) is 1.37. The van der Waals surface area contributed by atoms with Gasteiger partial charge in [-0.15, -0.1) is 12.4 Å². The lowest BCUT2D eigenvalue weighted by Crippen LogP contribution is -2.42. The van der Waals surface area contributed by atoms with Crippen LogP contribution in [0.25, 0.3) is 0 Å². The van der Waals surface area contributed by atoms with Crippen LogP contribution >= 0.6 is 12.4 Å². The molecule has 0 spiro atoms. The number of hydrogen-bond donors (Lipinski definition) is 0. The summed E-state index contributed by atoms with van der Waals surface area (Å²) in [6, 6.07) is 11.6. The minimum atomic E-state index is 0. The van der Waals surface area contributed by atoms with Crippen LogP contribution in [-0.2, 0) is 11.3 Å². The quantitative estimate of drug-likeness (QED) is 0.806. The second-order valence-corrected chi connectivity index (χ2v) is 4.99. The van der Waals surface area contributed by atoms with Crippen molar-refractivity contribution in [2.24, 2.45) is 0 Å². The molecule has 2 atom stereocenters. The normalized spacial score (nSPS) is 27.9. The fraction of sp³-hybridized carbons (Fsp3) is 0.500. The van der Waals surface area contributed by atoms with Gasteiger partial charge in [-0.3, -0.25) is 9.69 Å². The van der Waals surface area contributed by atoms with Gasteiger partial charge in [-0.1, -0.05) is 30.3 Å². The lowest BCUT2D eigenvalue weighted by atomic mass is 10.0. The van der Waals surface area contributed by atoms with Crippen LogP contribution in [0.4, 0.5) is 0 Å². The number of rotatable bonds is 2. The van der Waals surface area contributed by atoms with Crippen molar-refractivity contribution in [3.8, 4) is 0 Å². The molecule has 1 aromatic carbocycles. The van der Waals surface area contributed by atoms with E-state index in [9.17, 15) is 4.79 Å². The van der Waals surface area contributed by atoms with Crippen LogP contribution < -0.4 is 0 Å². The zero-order chi connectivity index (χ0) is 11.0. The average molecular weight is 252 g/mol. The van der Waals surface area contributed by atoms with Gasteiger partial charge in [0.1, 0.15) is 5.78 Å². The Balaban J connectivity index is 0.00000108.